The summed E-state index contributed by atoms with van der Waals surface area (Å²) < 4.78 is 32.7. The maximum Gasteiger partial charge on any atom is 0.255 e. The lowest BCUT2D eigenvalue weighted by molar-refractivity contribution is 0.102. The Morgan fingerprint density at radius 3 is 2.59 bits per heavy atom. The van der Waals surface area contributed by atoms with E-state index < -0.39 is 10.0 Å². The van der Waals surface area contributed by atoms with Crippen molar-refractivity contribution in [1.82, 2.24) is 4.31 Å². The lowest BCUT2D eigenvalue weighted by Crippen LogP contribution is -2.28. The topological polar surface area (TPSA) is 75.7 Å². The number of ether oxygens (including phenoxy) is 1. The lowest BCUT2D eigenvalue weighted by Gasteiger charge is -2.18. The molecular weight excluding hydrogens is 364 g/mol. The predicted octanol–water partition coefficient (Wildman–Crippen LogP) is 3.43. The normalized spacial score (nSPS) is 14.9. The van der Waals surface area contributed by atoms with Crippen molar-refractivity contribution in [2.45, 2.75) is 31.6 Å². The molecule has 0 saturated carbocycles. The number of nitrogens with zero attached hydrogens (tertiary/aromatic N) is 1. The van der Waals surface area contributed by atoms with Gasteiger partial charge in [-0.3, -0.25) is 4.79 Å². The first kappa shape index (κ1) is 19.4. The number of aryl methyl sites for hydroxylation is 1. The number of benzene rings is 2. The number of nitrogens with one attached hydrogen (secondary N) is 1. The first-order valence-electron chi connectivity index (χ1n) is 9.07. The van der Waals surface area contributed by atoms with E-state index in [0.29, 0.717) is 42.3 Å². The number of carbonyl (C=O) groups is 1. The molecule has 1 fully saturated rings. The molecule has 0 radical (unpaired) electrons. The van der Waals surface area contributed by atoms with E-state index in [4.69, 9.17) is 4.74 Å². The van der Waals surface area contributed by atoms with E-state index in [9.17, 15) is 13.2 Å². The van der Waals surface area contributed by atoms with Gasteiger partial charge in [0.05, 0.1) is 11.5 Å². The largest absolute Gasteiger partial charge is 0.494 e. The van der Waals surface area contributed by atoms with Crippen molar-refractivity contribution in [2.75, 3.05) is 25.0 Å². The summed E-state index contributed by atoms with van der Waals surface area (Å²) in [6, 6.07) is 11.9. The van der Waals surface area contributed by atoms with E-state index in [-0.39, 0.29) is 10.8 Å². The number of anilines is 1. The van der Waals surface area contributed by atoms with Crippen LogP contribution in [0.2, 0.25) is 0 Å². The molecule has 1 heterocycles. The van der Waals surface area contributed by atoms with Crippen LogP contribution in [0.15, 0.2) is 47.4 Å². The summed E-state index contributed by atoms with van der Waals surface area (Å²) >= 11 is 0. The minimum absolute atomic E-state index is 0.195. The van der Waals surface area contributed by atoms with Crippen LogP contribution in [0.1, 0.15) is 35.7 Å². The van der Waals surface area contributed by atoms with Crippen LogP contribution in [-0.2, 0) is 10.0 Å². The Hall–Kier alpha value is -2.38. The number of rotatable bonds is 6. The fourth-order valence-electron chi connectivity index (χ4n) is 3.12. The standard InChI is InChI=1S/C20H24N2O4S/c1-3-26-18-8-6-7-17(14-18)21-20(23)16-10-9-15(2)19(13-16)27(24,25)22-11-4-5-12-22/h6-10,13-14H,3-5,11-12H2,1-2H3,(H,21,23). The summed E-state index contributed by atoms with van der Waals surface area (Å²) in [5.74, 6) is 0.304. The number of hydrogen-bond donors (Lipinski definition) is 1. The van der Waals surface area contributed by atoms with Crippen LogP contribution < -0.4 is 10.1 Å². The van der Waals surface area contributed by atoms with Gasteiger partial charge >= 0.3 is 0 Å². The van der Waals surface area contributed by atoms with Gasteiger partial charge in [-0.25, -0.2) is 8.42 Å². The molecule has 2 aromatic rings. The highest BCUT2D eigenvalue weighted by Gasteiger charge is 2.29. The maximum atomic E-state index is 12.9. The molecule has 6 nitrogen and oxygen atoms in total. The average molecular weight is 388 g/mol. The fourth-order valence-corrected chi connectivity index (χ4v) is 4.89. The van der Waals surface area contributed by atoms with Crippen molar-refractivity contribution in [2.24, 2.45) is 0 Å². The summed E-state index contributed by atoms with van der Waals surface area (Å²) in [7, 11) is -3.58. The van der Waals surface area contributed by atoms with E-state index in [1.807, 2.05) is 13.0 Å². The predicted molar refractivity (Wildman–Crippen MR) is 105 cm³/mol. The quantitative estimate of drug-likeness (QED) is 0.823. The van der Waals surface area contributed by atoms with Crippen LogP contribution in [0, 0.1) is 6.92 Å². The minimum atomic E-state index is -3.58. The molecule has 1 aliphatic rings. The van der Waals surface area contributed by atoms with Gasteiger partial charge in [-0.15, -0.1) is 0 Å². The third-order valence-electron chi connectivity index (χ3n) is 4.54. The van der Waals surface area contributed by atoms with Crippen molar-refractivity contribution < 1.29 is 17.9 Å². The van der Waals surface area contributed by atoms with E-state index in [1.165, 1.54) is 10.4 Å². The van der Waals surface area contributed by atoms with Crippen LogP contribution in [0.3, 0.4) is 0 Å². The third-order valence-corrected chi connectivity index (χ3v) is 6.58. The van der Waals surface area contributed by atoms with E-state index >= 15 is 0 Å². The molecule has 1 N–H and O–H groups in total. The zero-order chi connectivity index (χ0) is 19.4. The van der Waals surface area contributed by atoms with Gasteiger partial charge in [-0.1, -0.05) is 12.1 Å². The molecule has 0 unspecified atom stereocenters. The second-order valence-corrected chi connectivity index (χ2v) is 8.41. The van der Waals surface area contributed by atoms with E-state index in [2.05, 4.69) is 5.32 Å². The highest BCUT2D eigenvalue weighted by molar-refractivity contribution is 7.89. The molecule has 27 heavy (non-hydrogen) atoms. The third kappa shape index (κ3) is 4.31. The first-order valence-corrected chi connectivity index (χ1v) is 10.5. The van der Waals surface area contributed by atoms with Crippen molar-refractivity contribution in [1.29, 1.82) is 0 Å². The fraction of sp³-hybridized carbons (Fsp3) is 0.350. The highest BCUT2D eigenvalue weighted by Crippen LogP contribution is 2.25. The van der Waals surface area contributed by atoms with Crippen molar-refractivity contribution in [3.63, 3.8) is 0 Å². The summed E-state index contributed by atoms with van der Waals surface area (Å²) in [6.07, 6.45) is 1.74. The van der Waals surface area contributed by atoms with Crippen LogP contribution in [0.4, 0.5) is 5.69 Å². The Balaban J connectivity index is 1.85. The van der Waals surface area contributed by atoms with Crippen LogP contribution in [-0.4, -0.2) is 38.3 Å². The van der Waals surface area contributed by atoms with Gasteiger partial charge in [-0.05, 0) is 56.5 Å². The first-order chi connectivity index (χ1) is 12.9. The number of carbonyl (C=O) groups excluding carboxylic acids is 1. The molecule has 1 saturated heterocycles. The van der Waals surface area contributed by atoms with Crippen molar-refractivity contribution in [3.05, 3.63) is 53.6 Å². The summed E-state index contributed by atoms with van der Waals surface area (Å²) in [6.45, 7) is 5.23. The zero-order valence-electron chi connectivity index (χ0n) is 15.6. The van der Waals surface area contributed by atoms with Crippen LogP contribution in [0.25, 0.3) is 0 Å². The number of amides is 1. The van der Waals surface area contributed by atoms with Crippen molar-refractivity contribution in [3.8, 4) is 5.75 Å². The lowest BCUT2D eigenvalue weighted by atomic mass is 10.1. The molecular formula is C20H24N2O4S. The average Bonchev–Trinajstić information content (AvgIpc) is 3.18. The SMILES string of the molecule is CCOc1cccc(NC(=O)c2ccc(C)c(S(=O)(=O)N3CCCC3)c2)c1. The Labute approximate surface area is 160 Å². The maximum absolute atomic E-state index is 12.9. The van der Waals surface area contributed by atoms with E-state index in [1.54, 1.807) is 37.3 Å². The Bertz CT molecular complexity index is 935. The highest BCUT2D eigenvalue weighted by atomic mass is 32.2. The van der Waals surface area contributed by atoms with Crippen LogP contribution >= 0.6 is 0 Å². The van der Waals surface area contributed by atoms with Crippen LogP contribution in [0.5, 0.6) is 5.75 Å². The summed E-state index contributed by atoms with van der Waals surface area (Å²) in [4.78, 5) is 12.8. The van der Waals surface area contributed by atoms with Gasteiger partial charge in [-0.2, -0.15) is 4.31 Å². The molecule has 0 atom stereocenters. The molecule has 0 aromatic heterocycles. The van der Waals surface area contributed by atoms with Gasteiger partial charge in [0.15, 0.2) is 0 Å². The molecule has 0 bridgehead atoms. The monoisotopic (exact) mass is 388 g/mol. The summed E-state index contributed by atoms with van der Waals surface area (Å²) in [5, 5.41) is 2.80. The molecule has 7 heteroatoms. The molecule has 2 aromatic carbocycles. The van der Waals surface area contributed by atoms with Gasteiger partial charge in [0.25, 0.3) is 5.91 Å². The second-order valence-electron chi connectivity index (χ2n) is 6.51. The summed E-state index contributed by atoms with van der Waals surface area (Å²) in [5.41, 5.74) is 1.53. The van der Waals surface area contributed by atoms with E-state index in [0.717, 1.165) is 12.8 Å². The molecule has 0 spiro atoms. The van der Waals surface area contributed by atoms with Crippen molar-refractivity contribution >= 4 is 21.6 Å². The molecule has 3 rings (SSSR count). The smallest absolute Gasteiger partial charge is 0.255 e. The molecule has 1 aliphatic heterocycles. The van der Waals surface area contributed by atoms with Gasteiger partial charge < -0.3 is 10.1 Å². The second kappa shape index (κ2) is 8.10. The molecule has 0 aliphatic carbocycles. The minimum Gasteiger partial charge on any atom is -0.494 e. The Morgan fingerprint density at radius 2 is 1.89 bits per heavy atom. The number of sulfonamides is 1. The van der Waals surface area contributed by atoms with Gasteiger partial charge in [0.2, 0.25) is 10.0 Å². The number of hydrogen-bond acceptors (Lipinski definition) is 4. The zero-order valence-corrected chi connectivity index (χ0v) is 16.4. The Morgan fingerprint density at radius 1 is 1.15 bits per heavy atom. The molecule has 1 amide bonds. The van der Waals surface area contributed by atoms with Gasteiger partial charge in [0.1, 0.15) is 5.75 Å². The van der Waals surface area contributed by atoms with Gasteiger partial charge in [0, 0.05) is 30.4 Å². The molecule has 144 valence electrons. The Kier molecular flexibility index (Phi) is 5.82.